The molecule has 128 valence electrons. The molecule has 0 radical (unpaired) electrons. The lowest BCUT2D eigenvalue weighted by molar-refractivity contribution is -0.148. The van der Waals surface area contributed by atoms with Crippen LogP contribution in [0.1, 0.15) is 10.4 Å². The summed E-state index contributed by atoms with van der Waals surface area (Å²) in [5.41, 5.74) is 0.394. The Hall–Kier alpha value is -1.96. The van der Waals surface area contributed by atoms with Gasteiger partial charge in [-0.3, -0.25) is 9.69 Å². The van der Waals surface area contributed by atoms with Crippen molar-refractivity contribution in [2.24, 2.45) is 0 Å². The largest absolute Gasteiger partial charge is 0.497 e. The molecule has 0 aliphatic carbocycles. The van der Waals surface area contributed by atoms with E-state index in [-0.39, 0.29) is 32.1 Å². The summed E-state index contributed by atoms with van der Waals surface area (Å²) in [5, 5.41) is 0. The molecule has 0 N–H and O–H groups in total. The predicted molar refractivity (Wildman–Crippen MR) is 77.9 cm³/mol. The molecule has 2 rings (SSSR count). The van der Waals surface area contributed by atoms with Gasteiger partial charge >= 0.3 is 6.18 Å². The number of halogens is 3. The standard InChI is InChI=1S/C15H19F3N2O3/c1-22-12-7-11(8-13(9-12)23-2)14(21)20-5-3-19(4-6-20)10-15(16,17)18/h7-9H,3-6,10H2,1-2H3. The first-order valence-electron chi connectivity index (χ1n) is 7.14. The minimum Gasteiger partial charge on any atom is -0.497 e. The van der Waals surface area contributed by atoms with Gasteiger partial charge in [0, 0.05) is 37.8 Å². The molecule has 0 aromatic heterocycles. The third kappa shape index (κ3) is 4.75. The summed E-state index contributed by atoms with van der Waals surface area (Å²) >= 11 is 0. The highest BCUT2D eigenvalue weighted by atomic mass is 19.4. The van der Waals surface area contributed by atoms with Crippen molar-refractivity contribution in [3.63, 3.8) is 0 Å². The van der Waals surface area contributed by atoms with E-state index in [9.17, 15) is 18.0 Å². The van der Waals surface area contributed by atoms with Crippen molar-refractivity contribution in [2.75, 3.05) is 46.9 Å². The van der Waals surface area contributed by atoms with Crippen LogP contribution in [0.5, 0.6) is 11.5 Å². The van der Waals surface area contributed by atoms with E-state index in [0.29, 0.717) is 17.1 Å². The van der Waals surface area contributed by atoms with Crippen molar-refractivity contribution in [2.45, 2.75) is 6.18 Å². The van der Waals surface area contributed by atoms with Gasteiger partial charge in [-0.1, -0.05) is 0 Å². The molecule has 0 spiro atoms. The van der Waals surface area contributed by atoms with Gasteiger partial charge in [-0.25, -0.2) is 0 Å². The Morgan fingerprint density at radius 1 is 1.04 bits per heavy atom. The van der Waals surface area contributed by atoms with E-state index in [0.717, 1.165) is 0 Å². The average molecular weight is 332 g/mol. The summed E-state index contributed by atoms with van der Waals surface area (Å²) in [6.45, 7) is -0.0242. The van der Waals surface area contributed by atoms with E-state index >= 15 is 0 Å². The van der Waals surface area contributed by atoms with Gasteiger partial charge in [-0.2, -0.15) is 13.2 Å². The lowest BCUT2D eigenvalue weighted by Gasteiger charge is -2.35. The maximum absolute atomic E-state index is 12.5. The smallest absolute Gasteiger partial charge is 0.401 e. The molecule has 1 amide bonds. The van der Waals surface area contributed by atoms with Crippen LogP contribution in [0, 0.1) is 0 Å². The second kappa shape index (κ2) is 7.08. The lowest BCUT2D eigenvalue weighted by Crippen LogP contribution is -2.50. The van der Waals surface area contributed by atoms with E-state index in [1.54, 1.807) is 23.1 Å². The fourth-order valence-corrected chi connectivity index (χ4v) is 2.48. The number of alkyl halides is 3. The number of rotatable bonds is 4. The van der Waals surface area contributed by atoms with Crippen LogP contribution in [-0.2, 0) is 0 Å². The van der Waals surface area contributed by atoms with Crippen molar-refractivity contribution in [1.29, 1.82) is 0 Å². The highest BCUT2D eigenvalue weighted by molar-refractivity contribution is 5.95. The Balaban J connectivity index is 2.02. The number of piperazine rings is 1. The maximum atomic E-state index is 12.5. The number of carbonyl (C=O) groups is 1. The highest BCUT2D eigenvalue weighted by Gasteiger charge is 2.33. The van der Waals surface area contributed by atoms with Gasteiger partial charge < -0.3 is 14.4 Å². The molecule has 1 aliphatic rings. The lowest BCUT2D eigenvalue weighted by atomic mass is 10.1. The molecule has 0 saturated carbocycles. The van der Waals surface area contributed by atoms with Crippen LogP contribution in [0.25, 0.3) is 0 Å². The van der Waals surface area contributed by atoms with Crippen molar-refractivity contribution < 1.29 is 27.4 Å². The van der Waals surface area contributed by atoms with Crippen LogP contribution >= 0.6 is 0 Å². The Kier molecular flexibility index (Phi) is 5.35. The second-order valence-electron chi connectivity index (χ2n) is 5.28. The first kappa shape index (κ1) is 17.4. The topological polar surface area (TPSA) is 42.0 Å². The molecule has 1 aromatic rings. The molecular formula is C15H19F3N2O3. The number of methoxy groups -OCH3 is 2. The molecule has 0 atom stereocenters. The van der Waals surface area contributed by atoms with Crippen LogP contribution in [0.2, 0.25) is 0 Å². The third-order valence-corrected chi connectivity index (χ3v) is 3.66. The molecule has 1 aromatic carbocycles. The van der Waals surface area contributed by atoms with Crippen LogP contribution in [0.3, 0.4) is 0 Å². The summed E-state index contributed by atoms with van der Waals surface area (Å²) < 4.78 is 47.4. The fraction of sp³-hybridized carbons (Fsp3) is 0.533. The predicted octanol–water partition coefficient (Wildman–Crippen LogP) is 2.02. The minimum atomic E-state index is -4.22. The average Bonchev–Trinajstić information content (AvgIpc) is 2.52. The van der Waals surface area contributed by atoms with Gasteiger partial charge in [0.25, 0.3) is 5.91 Å². The number of carbonyl (C=O) groups excluding carboxylic acids is 1. The monoisotopic (exact) mass is 332 g/mol. The number of benzene rings is 1. The molecule has 5 nitrogen and oxygen atoms in total. The van der Waals surface area contributed by atoms with Gasteiger partial charge in [-0.15, -0.1) is 0 Å². The maximum Gasteiger partial charge on any atom is 0.401 e. The van der Waals surface area contributed by atoms with Crippen LogP contribution in [0.15, 0.2) is 18.2 Å². The van der Waals surface area contributed by atoms with E-state index in [4.69, 9.17) is 9.47 Å². The summed E-state index contributed by atoms with van der Waals surface area (Å²) in [7, 11) is 2.97. The zero-order valence-corrected chi connectivity index (χ0v) is 13.0. The SMILES string of the molecule is COc1cc(OC)cc(C(=O)N2CCN(CC(F)(F)F)CC2)c1. The van der Waals surface area contributed by atoms with Crippen molar-refractivity contribution in [3.05, 3.63) is 23.8 Å². The quantitative estimate of drug-likeness (QED) is 0.846. The summed E-state index contributed by atoms with van der Waals surface area (Å²) in [6.07, 6.45) is -4.22. The molecule has 1 fully saturated rings. The van der Waals surface area contributed by atoms with Gasteiger partial charge in [0.1, 0.15) is 11.5 Å². The minimum absolute atomic E-state index is 0.201. The van der Waals surface area contributed by atoms with Crippen LogP contribution in [-0.4, -0.2) is 68.8 Å². The van der Waals surface area contributed by atoms with E-state index in [2.05, 4.69) is 0 Å². The second-order valence-corrected chi connectivity index (χ2v) is 5.28. The summed E-state index contributed by atoms with van der Waals surface area (Å²) in [5.74, 6) is 0.737. The van der Waals surface area contributed by atoms with Gasteiger partial charge in [0.15, 0.2) is 0 Å². The molecule has 1 saturated heterocycles. The summed E-state index contributed by atoms with van der Waals surface area (Å²) in [4.78, 5) is 15.3. The number of hydrogen-bond acceptors (Lipinski definition) is 4. The number of ether oxygens (including phenoxy) is 2. The number of amides is 1. The number of hydrogen-bond donors (Lipinski definition) is 0. The first-order valence-corrected chi connectivity index (χ1v) is 7.14. The molecule has 0 unspecified atom stereocenters. The molecule has 8 heteroatoms. The highest BCUT2D eigenvalue weighted by Crippen LogP contribution is 2.24. The Morgan fingerprint density at radius 2 is 1.57 bits per heavy atom. The van der Waals surface area contributed by atoms with Crippen molar-refractivity contribution in [3.8, 4) is 11.5 Å². The van der Waals surface area contributed by atoms with Crippen LogP contribution < -0.4 is 9.47 Å². The fourth-order valence-electron chi connectivity index (χ4n) is 2.48. The van der Waals surface area contributed by atoms with E-state index < -0.39 is 12.7 Å². The molecule has 1 aliphatic heterocycles. The van der Waals surface area contributed by atoms with Gasteiger partial charge in [0.05, 0.1) is 20.8 Å². The molecule has 0 bridgehead atoms. The van der Waals surface area contributed by atoms with Crippen LogP contribution in [0.4, 0.5) is 13.2 Å². The summed E-state index contributed by atoms with van der Waals surface area (Å²) in [6, 6.07) is 4.83. The first-order chi connectivity index (χ1) is 10.8. The van der Waals surface area contributed by atoms with E-state index in [1.807, 2.05) is 0 Å². The third-order valence-electron chi connectivity index (χ3n) is 3.66. The van der Waals surface area contributed by atoms with E-state index in [1.165, 1.54) is 19.1 Å². The zero-order chi connectivity index (χ0) is 17.0. The van der Waals surface area contributed by atoms with Gasteiger partial charge in [-0.05, 0) is 12.1 Å². The van der Waals surface area contributed by atoms with Crippen molar-refractivity contribution >= 4 is 5.91 Å². The van der Waals surface area contributed by atoms with Crippen molar-refractivity contribution in [1.82, 2.24) is 9.80 Å². The number of nitrogens with zero attached hydrogens (tertiary/aromatic N) is 2. The Bertz CT molecular complexity index is 533. The Morgan fingerprint density at radius 3 is 2.00 bits per heavy atom. The zero-order valence-electron chi connectivity index (χ0n) is 13.0. The molecule has 23 heavy (non-hydrogen) atoms. The molecule has 1 heterocycles. The molecular weight excluding hydrogens is 313 g/mol. The Labute approximate surface area is 132 Å². The normalized spacial score (nSPS) is 16.3. The van der Waals surface area contributed by atoms with Gasteiger partial charge in [0.2, 0.25) is 0 Å².